The molecule has 0 saturated heterocycles. The van der Waals surface area contributed by atoms with E-state index in [1.54, 1.807) is 30.3 Å². The van der Waals surface area contributed by atoms with Gasteiger partial charge in [-0.25, -0.2) is 4.98 Å². The summed E-state index contributed by atoms with van der Waals surface area (Å²) in [6.07, 6.45) is -0.350. The van der Waals surface area contributed by atoms with Crippen LogP contribution >= 0.6 is 0 Å². The predicted octanol–water partition coefficient (Wildman–Crippen LogP) is 2.29. The second kappa shape index (κ2) is 6.68. The van der Waals surface area contributed by atoms with Gasteiger partial charge in [0.1, 0.15) is 5.69 Å². The minimum absolute atomic E-state index is 0.0273. The smallest absolute Gasteiger partial charge is 0.292 e. The molecule has 0 aliphatic heterocycles. The number of para-hydroxylation sites is 2. The van der Waals surface area contributed by atoms with E-state index in [4.69, 9.17) is 0 Å². The number of amides is 1. The summed E-state index contributed by atoms with van der Waals surface area (Å²) in [5, 5.41) is 2.59. The Bertz CT molecular complexity index is 1040. The third-order valence-electron chi connectivity index (χ3n) is 3.88. The largest absolute Gasteiger partial charge is 0.319 e. The molecule has 1 heterocycles. The number of benzene rings is 2. The lowest BCUT2D eigenvalue weighted by Gasteiger charge is -2.08. The van der Waals surface area contributed by atoms with Crippen molar-refractivity contribution < 1.29 is 9.59 Å². The van der Waals surface area contributed by atoms with Crippen molar-refractivity contribution in [2.24, 2.45) is 0 Å². The maximum Gasteiger partial charge on any atom is 0.292 e. The molecule has 25 heavy (non-hydrogen) atoms. The number of ketones is 1. The van der Waals surface area contributed by atoms with Crippen LogP contribution < -0.4 is 10.9 Å². The number of fused-ring (bicyclic) bond motifs is 1. The van der Waals surface area contributed by atoms with Crippen LogP contribution in [0.25, 0.3) is 11.0 Å². The van der Waals surface area contributed by atoms with Gasteiger partial charge in [-0.15, -0.1) is 0 Å². The van der Waals surface area contributed by atoms with Crippen molar-refractivity contribution in [3.8, 4) is 0 Å². The highest BCUT2D eigenvalue weighted by atomic mass is 16.2. The number of Topliss-reactive ketones (excluding diaryl/α,β-unsaturated/α-hetero) is 1. The lowest BCUT2D eigenvalue weighted by Crippen LogP contribution is -2.28. The monoisotopic (exact) mass is 335 g/mol. The molecule has 0 aliphatic rings. The van der Waals surface area contributed by atoms with Gasteiger partial charge in [0.05, 0.1) is 17.5 Å². The number of nitrogens with zero attached hydrogens (tertiary/aromatic N) is 1. The van der Waals surface area contributed by atoms with E-state index in [1.165, 1.54) is 0 Å². The highest BCUT2D eigenvalue weighted by molar-refractivity contribution is 6.41. The van der Waals surface area contributed by atoms with Crippen molar-refractivity contribution in [1.29, 1.82) is 0 Å². The molecule has 0 atom stereocenters. The van der Waals surface area contributed by atoms with E-state index in [1.807, 2.05) is 26.0 Å². The molecule has 3 rings (SSSR count). The minimum atomic E-state index is -0.763. The third-order valence-corrected chi connectivity index (χ3v) is 3.88. The lowest BCUT2D eigenvalue weighted by atomic mass is 10.1. The summed E-state index contributed by atoms with van der Waals surface area (Å²) in [7, 11) is 0. The Hall–Kier alpha value is -3.28. The number of hydrogen-bond donors (Lipinski definition) is 2. The first-order valence-corrected chi connectivity index (χ1v) is 7.83. The van der Waals surface area contributed by atoms with Gasteiger partial charge in [0.2, 0.25) is 5.78 Å². The second-order valence-electron chi connectivity index (χ2n) is 5.90. The zero-order chi connectivity index (χ0) is 18.0. The first-order chi connectivity index (χ1) is 11.9. The number of aryl methyl sites for hydroxylation is 2. The van der Waals surface area contributed by atoms with Crippen LogP contribution in [0.3, 0.4) is 0 Å². The van der Waals surface area contributed by atoms with Crippen LogP contribution in [0.15, 0.2) is 47.3 Å². The van der Waals surface area contributed by atoms with E-state index in [9.17, 15) is 14.4 Å². The van der Waals surface area contributed by atoms with Crippen LogP contribution in [0.5, 0.6) is 0 Å². The minimum Gasteiger partial charge on any atom is -0.319 e. The third kappa shape index (κ3) is 3.63. The zero-order valence-electron chi connectivity index (χ0n) is 13.9. The van der Waals surface area contributed by atoms with Crippen molar-refractivity contribution in [2.75, 3.05) is 5.32 Å². The highest BCUT2D eigenvalue weighted by Crippen LogP contribution is 2.16. The summed E-state index contributed by atoms with van der Waals surface area (Å²) < 4.78 is 0. The quantitative estimate of drug-likeness (QED) is 0.716. The molecule has 2 aromatic carbocycles. The fourth-order valence-electron chi connectivity index (χ4n) is 2.57. The molecule has 0 fully saturated rings. The van der Waals surface area contributed by atoms with Crippen molar-refractivity contribution in [3.05, 3.63) is 69.6 Å². The first kappa shape index (κ1) is 16.6. The molecule has 0 spiro atoms. The van der Waals surface area contributed by atoms with E-state index in [0.717, 1.165) is 11.1 Å². The van der Waals surface area contributed by atoms with Crippen molar-refractivity contribution in [2.45, 2.75) is 20.3 Å². The summed E-state index contributed by atoms with van der Waals surface area (Å²) in [6, 6.07) is 12.5. The lowest BCUT2D eigenvalue weighted by molar-refractivity contribution is -0.134. The number of aromatic nitrogens is 2. The summed E-state index contributed by atoms with van der Waals surface area (Å²) in [6.45, 7) is 3.80. The van der Waals surface area contributed by atoms with Crippen LogP contribution in [-0.4, -0.2) is 21.7 Å². The highest BCUT2D eigenvalue weighted by Gasteiger charge is 2.18. The van der Waals surface area contributed by atoms with Crippen molar-refractivity contribution in [1.82, 2.24) is 9.97 Å². The Morgan fingerprint density at radius 1 is 1.12 bits per heavy atom. The first-order valence-electron chi connectivity index (χ1n) is 7.83. The summed E-state index contributed by atoms with van der Waals surface area (Å²) in [4.78, 5) is 43.2. The molecule has 2 N–H and O–H groups in total. The fourth-order valence-corrected chi connectivity index (χ4v) is 2.57. The van der Waals surface area contributed by atoms with E-state index < -0.39 is 17.2 Å². The maximum absolute atomic E-state index is 12.2. The maximum atomic E-state index is 12.2. The molecule has 6 heteroatoms. The zero-order valence-corrected chi connectivity index (χ0v) is 13.9. The SMILES string of the molecule is Cc1ccc(NC(=O)C(=O)Cc2nc3ccccc3[nH]c2=O)c(C)c1. The van der Waals surface area contributed by atoms with Crippen LogP contribution in [0.1, 0.15) is 16.8 Å². The molecule has 1 aromatic heterocycles. The number of carbonyl (C=O) groups excluding carboxylic acids is 2. The Morgan fingerprint density at radius 2 is 1.88 bits per heavy atom. The summed E-state index contributed by atoms with van der Waals surface area (Å²) >= 11 is 0. The average Bonchev–Trinajstić information content (AvgIpc) is 2.58. The van der Waals surface area contributed by atoms with E-state index >= 15 is 0 Å². The van der Waals surface area contributed by atoms with E-state index in [2.05, 4.69) is 15.3 Å². The number of carbonyl (C=O) groups is 2. The van der Waals surface area contributed by atoms with Crippen LogP contribution in [0.2, 0.25) is 0 Å². The van der Waals surface area contributed by atoms with Gasteiger partial charge in [0.15, 0.2) is 0 Å². The summed E-state index contributed by atoms with van der Waals surface area (Å²) in [5.74, 6) is -1.48. The average molecular weight is 335 g/mol. The number of hydrogen-bond acceptors (Lipinski definition) is 4. The number of aromatic amines is 1. The molecule has 0 unspecified atom stereocenters. The van der Waals surface area contributed by atoms with E-state index in [0.29, 0.717) is 16.7 Å². The van der Waals surface area contributed by atoms with Gasteiger partial charge in [-0.1, -0.05) is 29.8 Å². The van der Waals surface area contributed by atoms with Gasteiger partial charge in [-0.2, -0.15) is 0 Å². The molecule has 3 aromatic rings. The second-order valence-corrected chi connectivity index (χ2v) is 5.90. The molecular formula is C19H17N3O3. The molecule has 6 nitrogen and oxygen atoms in total. The van der Waals surface area contributed by atoms with Gasteiger partial charge in [0, 0.05) is 5.69 Å². The fraction of sp³-hybridized carbons (Fsp3) is 0.158. The molecule has 126 valence electrons. The van der Waals surface area contributed by atoms with Gasteiger partial charge in [0.25, 0.3) is 11.5 Å². The standard InChI is InChI=1S/C19H17N3O3/c1-11-7-8-13(12(2)9-11)21-19(25)17(23)10-16-18(24)22-15-6-4-3-5-14(15)20-16/h3-9H,10H2,1-2H3,(H,21,25)(H,22,24). The Labute approximate surface area is 143 Å². The van der Waals surface area contributed by atoms with Crippen molar-refractivity contribution in [3.63, 3.8) is 0 Å². The van der Waals surface area contributed by atoms with Gasteiger partial charge in [-0.05, 0) is 37.6 Å². The van der Waals surface area contributed by atoms with Crippen molar-refractivity contribution >= 4 is 28.4 Å². The van der Waals surface area contributed by atoms with Gasteiger partial charge in [-0.3, -0.25) is 14.4 Å². The van der Waals surface area contributed by atoms with Crippen LogP contribution in [0.4, 0.5) is 5.69 Å². The molecule has 0 aliphatic carbocycles. The molecule has 0 bridgehead atoms. The molecule has 0 radical (unpaired) electrons. The predicted molar refractivity (Wildman–Crippen MR) is 95.6 cm³/mol. The number of rotatable bonds is 4. The Balaban J connectivity index is 1.78. The van der Waals surface area contributed by atoms with Crippen LogP contribution in [-0.2, 0) is 16.0 Å². The molecule has 1 amide bonds. The van der Waals surface area contributed by atoms with Gasteiger partial charge >= 0.3 is 0 Å². The topological polar surface area (TPSA) is 91.9 Å². The summed E-state index contributed by atoms with van der Waals surface area (Å²) in [5.41, 5.74) is 3.22. The van der Waals surface area contributed by atoms with E-state index in [-0.39, 0.29) is 12.1 Å². The van der Waals surface area contributed by atoms with Crippen LogP contribution in [0, 0.1) is 13.8 Å². The van der Waals surface area contributed by atoms with Gasteiger partial charge < -0.3 is 10.3 Å². The number of H-pyrrole nitrogens is 1. The normalized spacial score (nSPS) is 10.6. The Kier molecular flexibility index (Phi) is 4.43. The molecular weight excluding hydrogens is 318 g/mol. The number of anilines is 1. The number of nitrogens with one attached hydrogen (secondary N) is 2. The Morgan fingerprint density at radius 3 is 2.64 bits per heavy atom. The molecule has 0 saturated carbocycles.